The maximum atomic E-state index is 12.8. The zero-order chi connectivity index (χ0) is 18.8. The fraction of sp³-hybridized carbons (Fsp3) is 0.550. The monoisotopic (exact) mass is 365 g/mol. The van der Waals surface area contributed by atoms with E-state index in [0.29, 0.717) is 19.1 Å². The third-order valence-electron chi connectivity index (χ3n) is 5.00. The first kappa shape index (κ1) is 18.8. The molecule has 0 spiro atoms. The number of amides is 1. The van der Waals surface area contributed by atoms with Crippen molar-refractivity contribution in [3.8, 4) is 0 Å². The summed E-state index contributed by atoms with van der Waals surface area (Å²) in [6, 6.07) is 3.51. The highest BCUT2D eigenvalue weighted by molar-refractivity contribution is 5.88. The summed E-state index contributed by atoms with van der Waals surface area (Å²) in [4.78, 5) is 14.3. The molecule has 0 N–H and O–H groups in total. The van der Waals surface area contributed by atoms with Gasteiger partial charge in [-0.1, -0.05) is 13.8 Å². The first-order valence-corrected chi connectivity index (χ1v) is 9.02. The van der Waals surface area contributed by atoms with Gasteiger partial charge in [0.25, 0.3) is 0 Å². The number of nitrogens with zero attached hydrogens (tertiary/aromatic N) is 1. The van der Waals surface area contributed by atoms with Crippen LogP contribution in [0.4, 0.5) is 8.78 Å². The molecule has 0 aliphatic carbocycles. The number of morpholine rings is 1. The fourth-order valence-corrected chi connectivity index (χ4v) is 3.65. The van der Waals surface area contributed by atoms with Crippen molar-refractivity contribution in [1.82, 2.24) is 4.90 Å². The number of hydrogen-bond donors (Lipinski definition) is 0. The van der Waals surface area contributed by atoms with Gasteiger partial charge in [0.15, 0.2) is 0 Å². The zero-order valence-electron chi connectivity index (χ0n) is 15.4. The summed E-state index contributed by atoms with van der Waals surface area (Å²) in [5.74, 6) is 0.209. The highest BCUT2D eigenvalue weighted by Gasteiger charge is 2.30. The van der Waals surface area contributed by atoms with Crippen molar-refractivity contribution in [3.63, 3.8) is 0 Å². The highest BCUT2D eigenvalue weighted by atomic mass is 19.3. The first-order valence-electron chi connectivity index (χ1n) is 9.02. The van der Waals surface area contributed by atoms with Crippen molar-refractivity contribution < 1.29 is 22.7 Å². The molecule has 0 saturated carbocycles. The van der Waals surface area contributed by atoms with Crippen LogP contribution in [0.1, 0.15) is 42.9 Å². The maximum Gasteiger partial charge on any atom is 0.240 e. The van der Waals surface area contributed by atoms with Crippen molar-refractivity contribution in [3.05, 3.63) is 35.1 Å². The summed E-state index contributed by atoms with van der Waals surface area (Å²) in [5, 5.41) is 0.923. The number of halogens is 2. The number of furan rings is 1. The molecule has 1 unspecified atom stereocenters. The van der Waals surface area contributed by atoms with Gasteiger partial charge in [0.05, 0.1) is 31.9 Å². The third kappa shape index (κ3) is 3.90. The Hall–Kier alpha value is -1.95. The molecule has 3 rings (SSSR count). The van der Waals surface area contributed by atoms with Crippen molar-refractivity contribution in [2.24, 2.45) is 0 Å². The van der Waals surface area contributed by atoms with Crippen LogP contribution in [-0.2, 0) is 16.0 Å². The van der Waals surface area contributed by atoms with Crippen molar-refractivity contribution in [2.45, 2.75) is 52.0 Å². The molecule has 0 bridgehead atoms. The molecule has 6 heteroatoms. The molecule has 26 heavy (non-hydrogen) atoms. The normalized spacial score (nSPS) is 18.3. The lowest BCUT2D eigenvalue weighted by atomic mass is 9.95. The van der Waals surface area contributed by atoms with E-state index in [1.54, 1.807) is 6.26 Å². The Labute approximate surface area is 152 Å². The summed E-state index contributed by atoms with van der Waals surface area (Å²) in [7, 11) is 0. The smallest absolute Gasteiger partial charge is 0.240 e. The minimum absolute atomic E-state index is 0.146. The molecule has 2 heterocycles. The number of benzene rings is 1. The van der Waals surface area contributed by atoms with Gasteiger partial charge in [0.1, 0.15) is 5.58 Å². The zero-order valence-corrected chi connectivity index (χ0v) is 15.4. The maximum absolute atomic E-state index is 12.8. The van der Waals surface area contributed by atoms with E-state index in [-0.39, 0.29) is 25.4 Å². The van der Waals surface area contributed by atoms with Crippen molar-refractivity contribution in [1.29, 1.82) is 0 Å². The largest absolute Gasteiger partial charge is 0.464 e. The Morgan fingerprint density at radius 1 is 1.35 bits per heavy atom. The van der Waals surface area contributed by atoms with E-state index >= 15 is 0 Å². The number of carbonyl (C=O) groups is 1. The van der Waals surface area contributed by atoms with Crippen molar-refractivity contribution in [2.75, 3.05) is 19.8 Å². The summed E-state index contributed by atoms with van der Waals surface area (Å²) in [6.45, 7) is 7.20. The van der Waals surface area contributed by atoms with E-state index in [4.69, 9.17) is 9.15 Å². The predicted molar refractivity (Wildman–Crippen MR) is 95.7 cm³/mol. The minimum Gasteiger partial charge on any atom is -0.464 e. The van der Waals surface area contributed by atoms with Crippen LogP contribution in [0.15, 0.2) is 22.8 Å². The topological polar surface area (TPSA) is 42.7 Å². The van der Waals surface area contributed by atoms with E-state index < -0.39 is 12.5 Å². The molecule has 4 nitrogen and oxygen atoms in total. The first-order chi connectivity index (χ1) is 12.4. The Kier molecular flexibility index (Phi) is 5.61. The van der Waals surface area contributed by atoms with Crippen LogP contribution in [0.3, 0.4) is 0 Å². The number of ether oxygens (including phenoxy) is 1. The van der Waals surface area contributed by atoms with Gasteiger partial charge in [-0.25, -0.2) is 8.78 Å². The highest BCUT2D eigenvalue weighted by Crippen LogP contribution is 2.29. The number of aryl methyl sites for hydroxylation is 1. The molecule has 0 radical (unpaired) electrons. The minimum atomic E-state index is -2.46. The average Bonchev–Trinajstić information content (AvgIpc) is 2.95. The molecule has 1 fully saturated rings. The van der Waals surface area contributed by atoms with Crippen LogP contribution in [0.2, 0.25) is 0 Å². The van der Waals surface area contributed by atoms with Gasteiger partial charge in [0, 0.05) is 23.9 Å². The summed E-state index contributed by atoms with van der Waals surface area (Å²) < 4.78 is 36.5. The second-order valence-electron chi connectivity index (χ2n) is 7.24. The van der Waals surface area contributed by atoms with Gasteiger partial charge in [-0.3, -0.25) is 4.79 Å². The number of fused-ring (bicyclic) bond motifs is 1. The molecule has 2 aromatic rings. The molecular formula is C20H25F2NO3. The lowest BCUT2D eigenvalue weighted by Crippen LogP contribution is -2.50. The van der Waals surface area contributed by atoms with E-state index in [2.05, 4.69) is 19.9 Å². The standard InChI is InChI=1S/C20H25F2NO3/c1-12(2)16-9-17-14(10-26-18(17)6-13(16)3)7-20(24)23-4-5-25-11-15(23)8-19(21)22/h6,9-10,12,15,19H,4-5,7-8,11H2,1-3H3. The van der Waals surface area contributed by atoms with Crippen molar-refractivity contribution >= 4 is 16.9 Å². The van der Waals surface area contributed by atoms with Crippen LogP contribution in [0.5, 0.6) is 0 Å². The van der Waals surface area contributed by atoms with Gasteiger partial charge in [-0.15, -0.1) is 0 Å². The molecule has 1 saturated heterocycles. The van der Waals surface area contributed by atoms with Crippen LogP contribution in [-0.4, -0.2) is 43.0 Å². The average molecular weight is 365 g/mol. The van der Waals surface area contributed by atoms with Gasteiger partial charge in [-0.05, 0) is 36.1 Å². The Morgan fingerprint density at radius 3 is 2.81 bits per heavy atom. The van der Waals surface area contributed by atoms with Crippen LogP contribution >= 0.6 is 0 Å². The molecular weight excluding hydrogens is 340 g/mol. The molecule has 1 aromatic heterocycles. The number of carbonyl (C=O) groups excluding carboxylic acids is 1. The number of rotatable bonds is 5. The van der Waals surface area contributed by atoms with Gasteiger partial charge in [-0.2, -0.15) is 0 Å². The van der Waals surface area contributed by atoms with Crippen LogP contribution < -0.4 is 0 Å². The van der Waals surface area contributed by atoms with E-state index in [1.807, 2.05) is 13.0 Å². The molecule has 1 aromatic carbocycles. The van der Waals surface area contributed by atoms with Gasteiger partial charge < -0.3 is 14.1 Å². The summed E-state index contributed by atoms with van der Waals surface area (Å²) in [6.07, 6.45) is -1.06. The van der Waals surface area contributed by atoms with E-state index in [9.17, 15) is 13.6 Å². The SMILES string of the molecule is Cc1cc2occ(CC(=O)N3CCOCC3CC(F)F)c2cc1C(C)C. The molecule has 142 valence electrons. The fourth-order valence-electron chi connectivity index (χ4n) is 3.65. The molecule has 1 aliphatic rings. The molecule has 1 aliphatic heterocycles. The second kappa shape index (κ2) is 7.74. The Balaban J connectivity index is 1.83. The second-order valence-corrected chi connectivity index (χ2v) is 7.24. The van der Waals surface area contributed by atoms with Crippen LogP contribution in [0, 0.1) is 6.92 Å². The summed E-state index contributed by atoms with van der Waals surface area (Å²) >= 11 is 0. The lowest BCUT2D eigenvalue weighted by Gasteiger charge is -2.35. The summed E-state index contributed by atoms with van der Waals surface area (Å²) in [5.41, 5.74) is 3.93. The van der Waals surface area contributed by atoms with Crippen LogP contribution in [0.25, 0.3) is 11.0 Å². The molecule has 1 amide bonds. The lowest BCUT2D eigenvalue weighted by molar-refractivity contribution is -0.140. The predicted octanol–water partition coefficient (Wildman–Crippen LogP) is 4.29. The van der Waals surface area contributed by atoms with Gasteiger partial charge in [0.2, 0.25) is 12.3 Å². The quantitative estimate of drug-likeness (QED) is 0.794. The van der Waals surface area contributed by atoms with Gasteiger partial charge >= 0.3 is 0 Å². The Bertz CT molecular complexity index is 785. The number of alkyl halides is 2. The molecule has 1 atom stereocenters. The third-order valence-corrected chi connectivity index (χ3v) is 5.00. The Morgan fingerprint density at radius 2 is 2.12 bits per heavy atom. The van der Waals surface area contributed by atoms with E-state index in [1.165, 1.54) is 10.5 Å². The number of hydrogen-bond acceptors (Lipinski definition) is 3. The van der Waals surface area contributed by atoms with E-state index in [0.717, 1.165) is 22.1 Å².